The van der Waals surface area contributed by atoms with Gasteiger partial charge in [0.05, 0.1) is 0 Å². The highest BCUT2D eigenvalue weighted by Gasteiger charge is 2.10. The molecule has 0 radical (unpaired) electrons. The van der Waals surface area contributed by atoms with Gasteiger partial charge in [0.1, 0.15) is 0 Å². The fourth-order valence-electron chi connectivity index (χ4n) is 14.8. The van der Waals surface area contributed by atoms with E-state index in [1.807, 2.05) is 0 Å². The van der Waals surface area contributed by atoms with Crippen molar-refractivity contribution in [3.63, 3.8) is 0 Å². The fraction of sp³-hybridized carbons (Fsp3) is 0.955. The summed E-state index contributed by atoms with van der Waals surface area (Å²) in [7, 11) is 0. The van der Waals surface area contributed by atoms with Crippen LogP contribution in [0.25, 0.3) is 0 Å². The lowest BCUT2D eigenvalue weighted by Gasteiger charge is -2.19. The van der Waals surface area contributed by atoms with Gasteiger partial charge in [0, 0.05) is 44.3 Å². The van der Waals surface area contributed by atoms with E-state index in [-0.39, 0.29) is 23.6 Å². The highest BCUT2D eigenvalue weighted by atomic mass is 16.2. The standard InChI is InChI=1S/C46H94N4O2.C42H86N4O2/c47-43-44(39-35-31-27-23-19-15-11-7-3-1-4-8-12-16-20-24-28-32-36-40-45(48)51)50-42-38-34-30-26-22-18-14-10-6-2-5-9-13-17-21-25-29-33-37-41-46(49)52;43-38-32-27-29-35-40(34-28-23-19-15-11-7-3-1-4-8-12-16-20-24-30-36-41(44)47)46-39-33-26-22-18-14-10-6-2-5-9-13-17-21-25-31-37-42(45)48/h44,50H,1-43,47H2,(H2,48,51)(H2,49,52);40,46H,1-39,43H2,(H2,44,47)(H2,45,48). The molecule has 0 aliphatic heterocycles. The summed E-state index contributed by atoms with van der Waals surface area (Å²) in [6.07, 6.45) is 102. The molecule has 0 aromatic rings. The molecule has 2 unspecified atom stereocenters. The van der Waals surface area contributed by atoms with Crippen LogP contribution < -0.4 is 45.0 Å². The molecule has 0 fully saturated rings. The van der Waals surface area contributed by atoms with E-state index in [9.17, 15) is 19.2 Å². The van der Waals surface area contributed by atoms with Crippen molar-refractivity contribution in [3.8, 4) is 0 Å². The van der Waals surface area contributed by atoms with E-state index in [0.29, 0.717) is 37.8 Å². The van der Waals surface area contributed by atoms with Gasteiger partial charge in [-0.2, -0.15) is 0 Å². The lowest BCUT2D eigenvalue weighted by Crippen LogP contribution is -2.36. The molecular formula is C88H180N8O4. The number of nitrogens with one attached hydrogen (secondary N) is 2. The molecule has 0 aliphatic carbocycles. The molecular weight excluding hydrogens is 1230 g/mol. The van der Waals surface area contributed by atoms with Crippen molar-refractivity contribution >= 4 is 23.6 Å². The number of hydrogen-bond donors (Lipinski definition) is 8. The van der Waals surface area contributed by atoms with Crippen LogP contribution in [0.3, 0.4) is 0 Å². The van der Waals surface area contributed by atoms with E-state index in [4.69, 9.17) is 34.4 Å². The number of unbranched alkanes of at least 4 members (excludes halogenated alkanes) is 66. The average Bonchev–Trinajstić information content (AvgIpc) is 2.72. The summed E-state index contributed by atoms with van der Waals surface area (Å²) in [4.78, 5) is 43.0. The van der Waals surface area contributed by atoms with Crippen LogP contribution in [-0.2, 0) is 19.2 Å². The third kappa shape index (κ3) is 93.7. The molecule has 4 amide bonds. The maximum atomic E-state index is 10.8. The molecule has 0 aliphatic rings. The van der Waals surface area contributed by atoms with Crippen LogP contribution in [0.15, 0.2) is 0 Å². The minimum absolute atomic E-state index is 0.154. The molecule has 0 rings (SSSR count). The largest absolute Gasteiger partial charge is 0.370 e. The van der Waals surface area contributed by atoms with Gasteiger partial charge in [-0.15, -0.1) is 0 Å². The van der Waals surface area contributed by atoms with E-state index in [1.165, 1.54) is 430 Å². The third-order valence-electron chi connectivity index (χ3n) is 21.6. The molecule has 0 saturated heterocycles. The Morgan fingerprint density at radius 3 is 0.490 bits per heavy atom. The molecule has 0 saturated carbocycles. The summed E-state index contributed by atoms with van der Waals surface area (Å²) >= 11 is 0. The van der Waals surface area contributed by atoms with E-state index < -0.39 is 0 Å². The van der Waals surface area contributed by atoms with Crippen LogP contribution in [-0.4, -0.2) is 61.9 Å². The van der Waals surface area contributed by atoms with Crippen LogP contribution in [0.1, 0.15) is 501 Å². The van der Waals surface area contributed by atoms with Crippen LogP contribution in [0.4, 0.5) is 0 Å². The van der Waals surface area contributed by atoms with E-state index in [1.54, 1.807) is 0 Å². The summed E-state index contributed by atoms with van der Waals surface area (Å²) in [5.74, 6) is -0.621. The highest BCUT2D eigenvalue weighted by Crippen LogP contribution is 2.21. The van der Waals surface area contributed by atoms with E-state index in [0.717, 1.165) is 71.0 Å². The number of primary amides is 4. The van der Waals surface area contributed by atoms with Crippen LogP contribution in [0, 0.1) is 0 Å². The molecule has 100 heavy (non-hydrogen) atoms. The summed E-state index contributed by atoms with van der Waals surface area (Å²) < 4.78 is 0. The minimum atomic E-state index is -0.156. The molecule has 596 valence electrons. The third-order valence-corrected chi connectivity index (χ3v) is 21.6. The molecule has 2 atom stereocenters. The number of hydrogen-bond acceptors (Lipinski definition) is 8. The second kappa shape index (κ2) is 89.1. The first kappa shape index (κ1) is 99.8. The Kier molecular flexibility index (Phi) is 88.9. The topological polar surface area (TPSA) is 248 Å². The predicted molar refractivity (Wildman–Crippen MR) is 439 cm³/mol. The van der Waals surface area contributed by atoms with E-state index >= 15 is 0 Å². The van der Waals surface area contributed by atoms with Gasteiger partial charge in [0.15, 0.2) is 0 Å². The minimum Gasteiger partial charge on any atom is -0.370 e. The van der Waals surface area contributed by atoms with Crippen LogP contribution in [0.5, 0.6) is 0 Å². The molecule has 0 bridgehead atoms. The number of carbonyl (C=O) groups excluding carboxylic acids is 4. The van der Waals surface area contributed by atoms with Crippen molar-refractivity contribution in [2.45, 2.75) is 513 Å². The molecule has 12 heteroatoms. The first-order chi connectivity index (χ1) is 49.1. The van der Waals surface area contributed by atoms with Gasteiger partial charge in [-0.05, 0) is 83.8 Å². The van der Waals surface area contributed by atoms with Crippen molar-refractivity contribution in [2.75, 3.05) is 26.2 Å². The molecule has 14 N–H and O–H groups in total. The molecule has 12 nitrogen and oxygen atoms in total. The Morgan fingerprint density at radius 2 is 0.320 bits per heavy atom. The molecule has 0 spiro atoms. The normalized spacial score (nSPS) is 12.1. The monoisotopic (exact) mass is 1410 g/mol. The molecule has 0 aromatic heterocycles. The summed E-state index contributed by atoms with van der Waals surface area (Å²) in [6, 6.07) is 1.22. The van der Waals surface area contributed by atoms with Gasteiger partial charge in [-0.3, -0.25) is 19.2 Å². The highest BCUT2D eigenvalue weighted by molar-refractivity contribution is 5.74. The zero-order valence-corrected chi connectivity index (χ0v) is 67.2. The second-order valence-corrected chi connectivity index (χ2v) is 31.7. The average molecular weight is 1410 g/mol. The zero-order chi connectivity index (χ0) is 72.9. The van der Waals surface area contributed by atoms with Crippen molar-refractivity contribution in [3.05, 3.63) is 0 Å². The summed E-state index contributed by atoms with van der Waals surface area (Å²) in [5, 5.41) is 7.69. The Morgan fingerprint density at radius 1 is 0.180 bits per heavy atom. The van der Waals surface area contributed by atoms with Crippen molar-refractivity contribution in [1.29, 1.82) is 0 Å². The number of carbonyl (C=O) groups is 4. The predicted octanol–water partition coefficient (Wildman–Crippen LogP) is 24.2. The molecule has 0 aromatic carbocycles. The van der Waals surface area contributed by atoms with Crippen molar-refractivity contribution < 1.29 is 19.2 Å². The lowest BCUT2D eigenvalue weighted by molar-refractivity contribution is -0.119. The van der Waals surface area contributed by atoms with Gasteiger partial charge in [-0.25, -0.2) is 0 Å². The van der Waals surface area contributed by atoms with Crippen molar-refractivity contribution in [1.82, 2.24) is 10.6 Å². The molecule has 0 heterocycles. The Balaban J connectivity index is 0. The number of nitrogens with two attached hydrogens (primary N) is 6. The maximum absolute atomic E-state index is 10.8. The Bertz CT molecular complexity index is 1610. The SMILES string of the molecule is NCC(CCCCCCCCCCCCCCCCCCCCCC(N)=O)NCCCCCCCCCCCCCCCCCCCCCC(N)=O.NCCCCCC(CCCCCCCCCCCCCCCCCC(N)=O)NCCCCCCCCCCCCCCCCCC(N)=O. The Hall–Kier alpha value is -2.28. The van der Waals surface area contributed by atoms with E-state index in [2.05, 4.69) is 10.6 Å². The maximum Gasteiger partial charge on any atom is 0.217 e. The zero-order valence-electron chi connectivity index (χ0n) is 67.2. The first-order valence-corrected chi connectivity index (χ1v) is 45.1. The first-order valence-electron chi connectivity index (χ1n) is 45.1. The van der Waals surface area contributed by atoms with Crippen LogP contribution in [0.2, 0.25) is 0 Å². The number of rotatable bonds is 88. The van der Waals surface area contributed by atoms with Gasteiger partial charge in [-0.1, -0.05) is 411 Å². The van der Waals surface area contributed by atoms with Gasteiger partial charge in [0.2, 0.25) is 23.6 Å². The Labute approximate surface area is 623 Å². The van der Waals surface area contributed by atoms with Gasteiger partial charge < -0.3 is 45.0 Å². The van der Waals surface area contributed by atoms with Gasteiger partial charge in [0.25, 0.3) is 0 Å². The second-order valence-electron chi connectivity index (χ2n) is 31.7. The smallest absolute Gasteiger partial charge is 0.217 e. The quantitative estimate of drug-likeness (QED) is 0.0271. The summed E-state index contributed by atoms with van der Waals surface area (Å²) in [6.45, 7) is 3.95. The fourth-order valence-corrected chi connectivity index (χ4v) is 14.8. The van der Waals surface area contributed by atoms with Crippen molar-refractivity contribution in [2.24, 2.45) is 34.4 Å². The summed E-state index contributed by atoms with van der Waals surface area (Å²) in [5.41, 5.74) is 32.6. The van der Waals surface area contributed by atoms with Gasteiger partial charge >= 0.3 is 0 Å². The number of amides is 4. The van der Waals surface area contributed by atoms with Crippen LogP contribution >= 0.6 is 0 Å². The lowest BCUT2D eigenvalue weighted by atomic mass is 10.00.